The van der Waals surface area contributed by atoms with Gasteiger partial charge in [-0.3, -0.25) is 0 Å². The third-order valence-corrected chi connectivity index (χ3v) is 4.32. The van der Waals surface area contributed by atoms with E-state index in [1.165, 1.54) is 11.1 Å². The first-order chi connectivity index (χ1) is 11.1. The van der Waals surface area contributed by atoms with Crippen LogP contribution < -0.4 is 5.32 Å². The van der Waals surface area contributed by atoms with E-state index in [-0.39, 0.29) is 0 Å². The predicted molar refractivity (Wildman–Crippen MR) is 100 cm³/mol. The molecule has 2 aromatic rings. The van der Waals surface area contributed by atoms with Gasteiger partial charge < -0.3 is 10.2 Å². The van der Waals surface area contributed by atoms with Gasteiger partial charge in [0.1, 0.15) is 0 Å². The second-order valence-corrected chi connectivity index (χ2v) is 6.72. The van der Waals surface area contributed by atoms with Crippen molar-refractivity contribution in [2.75, 3.05) is 33.7 Å². The number of rotatable bonds is 9. The van der Waals surface area contributed by atoms with Crippen LogP contribution in [0.25, 0.3) is 0 Å². The Balaban J connectivity index is 1.95. The molecule has 2 rings (SSSR count). The Labute approximate surface area is 145 Å². The number of hydrogen-bond donors (Lipinski definition) is 1. The summed E-state index contributed by atoms with van der Waals surface area (Å²) in [5, 5.41) is 4.35. The Hall–Kier alpha value is -1.35. The second kappa shape index (κ2) is 9.71. The van der Waals surface area contributed by atoms with Gasteiger partial charge >= 0.3 is 0 Å². The maximum atomic E-state index is 6.03. The third kappa shape index (κ3) is 6.74. The molecule has 124 valence electrons. The first-order valence-electron chi connectivity index (χ1n) is 8.30. The van der Waals surface area contributed by atoms with Crippen LogP contribution in [0.5, 0.6) is 0 Å². The Morgan fingerprint density at radius 3 is 2.30 bits per heavy atom. The van der Waals surface area contributed by atoms with E-state index in [0.29, 0.717) is 5.92 Å². The van der Waals surface area contributed by atoms with Gasteiger partial charge in [-0.2, -0.15) is 0 Å². The molecule has 0 aliphatic carbocycles. The Bertz CT molecular complexity index is 552. The molecule has 0 unspecified atom stereocenters. The molecule has 23 heavy (non-hydrogen) atoms. The fourth-order valence-electron chi connectivity index (χ4n) is 2.72. The van der Waals surface area contributed by atoms with Crippen molar-refractivity contribution >= 4 is 11.6 Å². The van der Waals surface area contributed by atoms with E-state index in [4.69, 9.17) is 11.6 Å². The summed E-state index contributed by atoms with van der Waals surface area (Å²) in [7, 11) is 4.21. The molecule has 1 atom stereocenters. The highest BCUT2D eigenvalue weighted by atomic mass is 35.5. The molecule has 0 radical (unpaired) electrons. The van der Waals surface area contributed by atoms with Crippen LogP contribution in [0.1, 0.15) is 23.5 Å². The predicted octanol–water partition coefficient (Wildman–Crippen LogP) is 4.21. The summed E-state index contributed by atoms with van der Waals surface area (Å²) in [6.45, 7) is 3.14. The summed E-state index contributed by atoms with van der Waals surface area (Å²) >= 11 is 6.03. The molecule has 0 aliphatic rings. The largest absolute Gasteiger partial charge is 0.315 e. The minimum atomic E-state index is 0.515. The summed E-state index contributed by atoms with van der Waals surface area (Å²) < 4.78 is 0. The van der Waals surface area contributed by atoms with Crippen LogP contribution in [-0.2, 0) is 6.42 Å². The monoisotopic (exact) mass is 330 g/mol. The fourth-order valence-corrected chi connectivity index (χ4v) is 2.85. The first-order valence-corrected chi connectivity index (χ1v) is 8.68. The van der Waals surface area contributed by atoms with Crippen LogP contribution in [0, 0.1) is 0 Å². The Morgan fingerprint density at radius 1 is 0.957 bits per heavy atom. The summed E-state index contributed by atoms with van der Waals surface area (Å²) in [6, 6.07) is 19.0. The van der Waals surface area contributed by atoms with E-state index in [2.05, 4.69) is 66.8 Å². The molecule has 1 N–H and O–H groups in total. The molecule has 0 heterocycles. The van der Waals surface area contributed by atoms with Crippen molar-refractivity contribution in [1.82, 2.24) is 10.2 Å². The number of halogens is 1. The smallest absolute Gasteiger partial charge is 0.0406 e. The lowest BCUT2D eigenvalue weighted by atomic mass is 9.89. The van der Waals surface area contributed by atoms with Crippen molar-refractivity contribution < 1.29 is 0 Å². The highest BCUT2D eigenvalue weighted by molar-refractivity contribution is 6.30. The normalized spacial score (nSPS) is 12.5. The molecule has 0 bridgehead atoms. The number of likely N-dealkylation sites (N-methyl/N-ethyl adjacent to an activating group) is 1. The summed E-state index contributed by atoms with van der Waals surface area (Å²) in [4.78, 5) is 2.20. The van der Waals surface area contributed by atoms with E-state index in [0.717, 1.165) is 37.5 Å². The van der Waals surface area contributed by atoms with Crippen LogP contribution in [-0.4, -0.2) is 38.6 Å². The van der Waals surface area contributed by atoms with Gasteiger partial charge in [-0.05, 0) is 62.7 Å². The Morgan fingerprint density at radius 2 is 1.65 bits per heavy atom. The lowest BCUT2D eigenvalue weighted by molar-refractivity contribution is 0.397. The fraction of sp³-hybridized carbons (Fsp3) is 0.400. The molecule has 0 aliphatic heterocycles. The molecule has 0 fully saturated rings. The lowest BCUT2D eigenvalue weighted by Crippen LogP contribution is -2.28. The maximum absolute atomic E-state index is 6.03. The van der Waals surface area contributed by atoms with Gasteiger partial charge in [-0.25, -0.2) is 0 Å². The average Bonchev–Trinajstić information content (AvgIpc) is 2.55. The van der Waals surface area contributed by atoms with Gasteiger partial charge in [0.25, 0.3) is 0 Å². The van der Waals surface area contributed by atoms with Crippen molar-refractivity contribution in [3.8, 4) is 0 Å². The van der Waals surface area contributed by atoms with Crippen molar-refractivity contribution in [2.24, 2.45) is 0 Å². The maximum Gasteiger partial charge on any atom is 0.0406 e. The van der Waals surface area contributed by atoms with Gasteiger partial charge in [-0.1, -0.05) is 54.1 Å². The number of nitrogens with one attached hydrogen (secondary N) is 1. The van der Waals surface area contributed by atoms with Crippen molar-refractivity contribution in [1.29, 1.82) is 0 Å². The molecule has 0 saturated carbocycles. The van der Waals surface area contributed by atoms with E-state index >= 15 is 0 Å². The number of nitrogens with zero attached hydrogens (tertiary/aromatic N) is 1. The zero-order chi connectivity index (χ0) is 16.5. The summed E-state index contributed by atoms with van der Waals surface area (Å²) in [5.41, 5.74) is 2.76. The van der Waals surface area contributed by atoms with E-state index < -0.39 is 0 Å². The van der Waals surface area contributed by atoms with Gasteiger partial charge in [-0.15, -0.1) is 0 Å². The lowest BCUT2D eigenvalue weighted by Gasteiger charge is -2.19. The van der Waals surface area contributed by atoms with Crippen molar-refractivity contribution in [3.63, 3.8) is 0 Å². The summed E-state index contributed by atoms with van der Waals surface area (Å²) in [5.74, 6) is 0.515. The van der Waals surface area contributed by atoms with E-state index in [9.17, 15) is 0 Å². The van der Waals surface area contributed by atoms with Crippen LogP contribution >= 0.6 is 11.6 Å². The molecular weight excluding hydrogens is 304 g/mol. The van der Waals surface area contributed by atoms with Gasteiger partial charge in [0.2, 0.25) is 0 Å². The standard InChI is InChI=1S/C20H27ClN2/c1-23(2)15-14-22-13-12-19(16-17-6-4-3-5-7-17)18-8-10-20(21)11-9-18/h3-11,19,22H,12-16H2,1-2H3/t19-/m1/s1. The molecule has 2 aromatic carbocycles. The minimum Gasteiger partial charge on any atom is -0.315 e. The molecule has 0 spiro atoms. The van der Waals surface area contributed by atoms with Crippen LogP contribution in [0.3, 0.4) is 0 Å². The van der Waals surface area contributed by atoms with Gasteiger partial charge in [0, 0.05) is 18.1 Å². The van der Waals surface area contributed by atoms with Gasteiger partial charge in [0.05, 0.1) is 0 Å². The Kier molecular flexibility index (Phi) is 7.60. The van der Waals surface area contributed by atoms with Crippen LogP contribution in [0.15, 0.2) is 54.6 Å². The van der Waals surface area contributed by atoms with Crippen molar-refractivity contribution in [2.45, 2.75) is 18.8 Å². The molecular formula is C20H27ClN2. The average molecular weight is 331 g/mol. The molecule has 0 aromatic heterocycles. The molecule has 0 saturated heterocycles. The van der Waals surface area contributed by atoms with E-state index in [1.54, 1.807) is 0 Å². The number of hydrogen-bond acceptors (Lipinski definition) is 2. The third-order valence-electron chi connectivity index (χ3n) is 4.07. The topological polar surface area (TPSA) is 15.3 Å². The zero-order valence-electron chi connectivity index (χ0n) is 14.1. The molecule has 3 heteroatoms. The SMILES string of the molecule is CN(C)CCNCC[C@H](Cc1ccccc1)c1ccc(Cl)cc1. The summed E-state index contributed by atoms with van der Waals surface area (Å²) in [6.07, 6.45) is 2.20. The van der Waals surface area contributed by atoms with Gasteiger partial charge in [0.15, 0.2) is 0 Å². The van der Waals surface area contributed by atoms with E-state index in [1.807, 2.05) is 12.1 Å². The second-order valence-electron chi connectivity index (χ2n) is 6.28. The number of benzene rings is 2. The minimum absolute atomic E-state index is 0.515. The van der Waals surface area contributed by atoms with Crippen LogP contribution in [0.2, 0.25) is 5.02 Å². The highest BCUT2D eigenvalue weighted by Gasteiger charge is 2.12. The quantitative estimate of drug-likeness (QED) is 0.693. The molecule has 0 amide bonds. The zero-order valence-corrected chi connectivity index (χ0v) is 14.9. The highest BCUT2D eigenvalue weighted by Crippen LogP contribution is 2.25. The van der Waals surface area contributed by atoms with Crippen molar-refractivity contribution in [3.05, 3.63) is 70.7 Å². The molecule has 2 nitrogen and oxygen atoms in total. The van der Waals surface area contributed by atoms with Crippen LogP contribution in [0.4, 0.5) is 0 Å². The first kappa shape index (κ1) is 18.0.